The number of halogens is 3. The summed E-state index contributed by atoms with van der Waals surface area (Å²) in [6, 6.07) is 5.72. The first-order valence-corrected chi connectivity index (χ1v) is 17.3. The van der Waals surface area contributed by atoms with Gasteiger partial charge in [0, 0.05) is 56.3 Å². The van der Waals surface area contributed by atoms with E-state index < -0.39 is 35.2 Å². The Morgan fingerprint density at radius 3 is 2.54 bits per heavy atom. The first-order valence-electron chi connectivity index (χ1n) is 17.3. The third-order valence-electron chi connectivity index (χ3n) is 12.5. The summed E-state index contributed by atoms with van der Waals surface area (Å²) in [7, 11) is 0. The van der Waals surface area contributed by atoms with Crippen LogP contribution in [0.4, 0.5) is 24.8 Å². The number of nitrogens with zero attached hydrogens (tertiary/aromatic N) is 3. The number of ether oxygens (including phenoxy) is 2. The summed E-state index contributed by atoms with van der Waals surface area (Å²) in [5.74, 6) is -1.17. The highest BCUT2D eigenvalue weighted by Crippen LogP contribution is 2.72. The molecule has 5 fully saturated rings. The number of carbonyl (C=O) groups is 2. The van der Waals surface area contributed by atoms with Crippen LogP contribution in [0, 0.1) is 29.1 Å². The van der Waals surface area contributed by atoms with Gasteiger partial charge in [0.05, 0.1) is 11.5 Å². The fourth-order valence-corrected chi connectivity index (χ4v) is 9.87. The molecule has 2 saturated heterocycles. The second-order valence-corrected chi connectivity index (χ2v) is 14.9. The van der Waals surface area contributed by atoms with Crippen LogP contribution in [-0.4, -0.2) is 66.0 Å². The molecular formula is C36H41F3N4O5. The first-order chi connectivity index (χ1) is 23.1. The largest absolute Gasteiger partial charge is 0.481 e. The number of alkyl halides is 3. The molecule has 2 aromatic rings. The number of allylic oxidation sites excluding steroid dienone is 1. The fraction of sp³-hybridized carbons (Fsp3) is 0.611. The highest BCUT2D eigenvalue weighted by molar-refractivity contribution is 5.95. The number of hydrogen-bond donors (Lipinski definition) is 2. The van der Waals surface area contributed by atoms with Crippen LogP contribution in [0.2, 0.25) is 0 Å². The maximum atomic E-state index is 14.6. The molecule has 5 unspecified atom stereocenters. The van der Waals surface area contributed by atoms with E-state index in [2.05, 4.69) is 33.5 Å². The van der Waals surface area contributed by atoms with Gasteiger partial charge in [0.25, 0.3) is 5.91 Å². The summed E-state index contributed by atoms with van der Waals surface area (Å²) in [5, 5.41) is 12.4. The van der Waals surface area contributed by atoms with Crippen molar-refractivity contribution in [3.8, 4) is 0 Å². The van der Waals surface area contributed by atoms with Crippen LogP contribution in [0.1, 0.15) is 85.0 Å². The van der Waals surface area contributed by atoms with E-state index in [1.807, 2.05) is 12.1 Å². The van der Waals surface area contributed by atoms with Gasteiger partial charge >= 0.3 is 12.1 Å². The predicted molar refractivity (Wildman–Crippen MR) is 170 cm³/mol. The number of benzene rings is 1. The number of nitrogens with one attached hydrogen (secondary N) is 1. The third-order valence-corrected chi connectivity index (χ3v) is 12.5. The minimum absolute atomic E-state index is 0.0900. The third kappa shape index (κ3) is 5.21. The molecule has 5 atom stereocenters. The molecule has 256 valence electrons. The monoisotopic (exact) mass is 666 g/mol. The van der Waals surface area contributed by atoms with Crippen LogP contribution in [0.3, 0.4) is 0 Å². The fourth-order valence-electron chi connectivity index (χ4n) is 9.87. The molecule has 48 heavy (non-hydrogen) atoms. The van der Waals surface area contributed by atoms with Crippen molar-refractivity contribution in [3.05, 3.63) is 52.9 Å². The summed E-state index contributed by atoms with van der Waals surface area (Å²) < 4.78 is 54.9. The molecule has 3 aliphatic carbocycles. The smallest absolute Gasteiger partial charge is 0.434 e. The van der Waals surface area contributed by atoms with Crippen LogP contribution in [-0.2, 0) is 25.9 Å². The highest BCUT2D eigenvalue weighted by Gasteiger charge is 2.70. The number of fused-ring (bicyclic) bond motifs is 2. The van der Waals surface area contributed by atoms with Crippen molar-refractivity contribution in [2.75, 3.05) is 37.9 Å². The molecule has 3 aliphatic heterocycles. The molecular weight excluding hydrogens is 625 g/mol. The van der Waals surface area contributed by atoms with Crippen molar-refractivity contribution in [1.82, 2.24) is 15.3 Å². The molecule has 1 amide bonds. The number of amides is 1. The number of rotatable bonds is 7. The Labute approximate surface area is 277 Å². The van der Waals surface area contributed by atoms with Crippen molar-refractivity contribution in [1.29, 1.82) is 0 Å². The zero-order chi connectivity index (χ0) is 33.3. The van der Waals surface area contributed by atoms with Gasteiger partial charge in [-0.15, -0.1) is 0 Å². The van der Waals surface area contributed by atoms with Gasteiger partial charge in [-0.05, 0) is 104 Å². The quantitative estimate of drug-likeness (QED) is 0.362. The van der Waals surface area contributed by atoms with Crippen molar-refractivity contribution in [2.45, 2.75) is 75.4 Å². The van der Waals surface area contributed by atoms with Crippen LogP contribution in [0.25, 0.3) is 6.08 Å². The number of aliphatic carboxylic acids is 1. The van der Waals surface area contributed by atoms with Gasteiger partial charge in [-0.3, -0.25) is 9.59 Å². The lowest BCUT2D eigenvalue weighted by molar-refractivity contribution is -0.152. The number of hydrogen-bond acceptors (Lipinski definition) is 7. The molecule has 0 radical (unpaired) electrons. The molecule has 1 aromatic carbocycles. The van der Waals surface area contributed by atoms with Crippen molar-refractivity contribution in [2.24, 2.45) is 29.1 Å². The molecule has 2 spiro atoms. The van der Waals surface area contributed by atoms with Gasteiger partial charge in [-0.1, -0.05) is 18.2 Å². The molecule has 3 saturated carbocycles. The second-order valence-electron chi connectivity index (χ2n) is 14.9. The topological polar surface area (TPSA) is 114 Å². The SMILES string of the molecule is O=C(NC1CC2CC3CC(C(=O)O)CC321)c1cnc(N2CC3(CCOCC3)c3cc(/C=C/CC4CCOCC4)ccc32)nc1C(F)(F)F. The van der Waals surface area contributed by atoms with Gasteiger partial charge in [0.15, 0.2) is 5.69 Å². The first kappa shape index (κ1) is 31.7. The van der Waals surface area contributed by atoms with Crippen LogP contribution in [0.5, 0.6) is 0 Å². The van der Waals surface area contributed by atoms with Crippen molar-refractivity contribution in [3.63, 3.8) is 0 Å². The normalized spacial score (nSPS) is 30.8. The Morgan fingerprint density at radius 1 is 1.06 bits per heavy atom. The summed E-state index contributed by atoms with van der Waals surface area (Å²) in [6.07, 6.45) is 7.58. The Morgan fingerprint density at radius 2 is 1.81 bits per heavy atom. The summed E-state index contributed by atoms with van der Waals surface area (Å²) >= 11 is 0. The summed E-state index contributed by atoms with van der Waals surface area (Å²) in [4.78, 5) is 35.3. The maximum Gasteiger partial charge on any atom is 0.434 e. The molecule has 0 bridgehead atoms. The summed E-state index contributed by atoms with van der Waals surface area (Å²) in [5.41, 5.74) is 0.358. The van der Waals surface area contributed by atoms with E-state index in [1.54, 1.807) is 4.90 Å². The van der Waals surface area contributed by atoms with Crippen molar-refractivity contribution < 1.29 is 37.3 Å². The molecule has 9 nitrogen and oxygen atoms in total. The number of anilines is 2. The van der Waals surface area contributed by atoms with Gasteiger partial charge in [0.2, 0.25) is 5.95 Å². The zero-order valence-corrected chi connectivity index (χ0v) is 26.8. The van der Waals surface area contributed by atoms with E-state index in [1.165, 1.54) is 0 Å². The van der Waals surface area contributed by atoms with Gasteiger partial charge in [-0.2, -0.15) is 13.2 Å². The van der Waals surface area contributed by atoms with Gasteiger partial charge in [-0.25, -0.2) is 9.97 Å². The van der Waals surface area contributed by atoms with E-state index in [0.717, 1.165) is 74.7 Å². The number of carboxylic acid groups (broad SMARTS) is 1. The molecule has 8 rings (SSSR count). The zero-order valence-electron chi connectivity index (χ0n) is 26.8. The lowest BCUT2D eigenvalue weighted by Gasteiger charge is -2.66. The number of carbonyl (C=O) groups excluding carboxylic acids is 1. The van der Waals surface area contributed by atoms with E-state index in [4.69, 9.17) is 9.47 Å². The van der Waals surface area contributed by atoms with Crippen molar-refractivity contribution >= 4 is 29.6 Å². The maximum absolute atomic E-state index is 14.6. The Bertz CT molecular complexity index is 1640. The van der Waals surface area contributed by atoms with Gasteiger partial charge in [0.1, 0.15) is 0 Å². The van der Waals surface area contributed by atoms with E-state index in [0.29, 0.717) is 50.9 Å². The van der Waals surface area contributed by atoms with Crippen LogP contribution in [0.15, 0.2) is 30.5 Å². The minimum atomic E-state index is -4.89. The molecule has 6 aliphatic rings. The molecule has 2 N–H and O–H groups in total. The second kappa shape index (κ2) is 11.8. The highest BCUT2D eigenvalue weighted by atomic mass is 19.4. The minimum Gasteiger partial charge on any atom is -0.481 e. The van der Waals surface area contributed by atoms with Gasteiger partial charge < -0.3 is 24.8 Å². The van der Waals surface area contributed by atoms with E-state index in [-0.39, 0.29) is 28.7 Å². The summed E-state index contributed by atoms with van der Waals surface area (Å²) in [6.45, 7) is 3.14. The lowest BCUT2D eigenvalue weighted by atomic mass is 9.41. The number of carboxylic acids is 1. The van der Waals surface area contributed by atoms with E-state index >= 15 is 0 Å². The van der Waals surface area contributed by atoms with Crippen LogP contribution >= 0.6 is 0 Å². The Balaban J connectivity index is 1.06. The van der Waals surface area contributed by atoms with E-state index in [9.17, 15) is 27.9 Å². The molecule has 12 heteroatoms. The lowest BCUT2D eigenvalue weighted by Crippen LogP contribution is -2.69. The Hall–Kier alpha value is -3.51. The average molecular weight is 667 g/mol. The molecule has 4 heterocycles. The molecule has 1 aromatic heterocycles. The van der Waals surface area contributed by atoms with Crippen LogP contribution < -0.4 is 10.2 Å². The number of aromatic nitrogens is 2. The standard InChI is InChI=1S/C36H41F3N4O5/c37-36(38,39)30-26(31(44)41-29-17-25-16-24-15-23(32(45)46)18-35(24,25)29)19-40-33(42-30)43-20-34(8-12-48-13-9-34)27-14-22(4-5-28(27)43)3-1-2-21-6-10-47-11-7-21/h1,3-5,14,19,21,23-25,29H,2,6-13,15-18,20H2,(H,41,44)(H,45,46)/b3-1+. The predicted octanol–water partition coefficient (Wildman–Crippen LogP) is 6.14. The average Bonchev–Trinajstić information content (AvgIpc) is 3.59. The Kier molecular flexibility index (Phi) is 7.82.